The van der Waals surface area contributed by atoms with Gasteiger partial charge in [0.1, 0.15) is 33.7 Å². The van der Waals surface area contributed by atoms with Gasteiger partial charge in [-0.2, -0.15) is 0 Å². The van der Waals surface area contributed by atoms with E-state index in [1.165, 1.54) is 23.6 Å². The van der Waals surface area contributed by atoms with Crippen molar-refractivity contribution in [2.24, 2.45) is 17.6 Å². The van der Waals surface area contributed by atoms with E-state index in [4.69, 9.17) is 10.8 Å². The zero-order valence-electron chi connectivity index (χ0n) is 24.8. The topological polar surface area (TPSA) is 269 Å². The summed E-state index contributed by atoms with van der Waals surface area (Å²) in [6, 6.07) is 7.23. The van der Waals surface area contributed by atoms with Crippen molar-refractivity contribution >= 4 is 57.1 Å². The quantitative estimate of drug-likeness (QED) is 0.214. The fraction of sp³-hybridized carbons (Fsp3) is 0.429. The van der Waals surface area contributed by atoms with Gasteiger partial charge in [0.2, 0.25) is 5.91 Å². The Balaban J connectivity index is 0.000000185. The number of carbonyl (C=O) groups excluding carboxylic acids is 3. The molecule has 3 fully saturated rings. The van der Waals surface area contributed by atoms with Crippen molar-refractivity contribution in [1.82, 2.24) is 25.2 Å². The molecule has 1 aromatic carbocycles. The smallest absolute Gasteiger partial charge is 0.355 e. The number of Topliss-reactive ketones (excluding diaryl/α,β-unsaturated/α-hetero) is 1. The van der Waals surface area contributed by atoms with Crippen LogP contribution in [0.25, 0.3) is 0 Å². The van der Waals surface area contributed by atoms with E-state index in [1.54, 1.807) is 31.2 Å². The van der Waals surface area contributed by atoms with E-state index in [9.17, 15) is 47.4 Å². The van der Waals surface area contributed by atoms with Crippen molar-refractivity contribution in [1.29, 1.82) is 0 Å². The number of amides is 2. The summed E-state index contributed by atoms with van der Waals surface area (Å²) in [6.07, 6.45) is 0.748. The van der Waals surface area contributed by atoms with Crippen molar-refractivity contribution in [3.05, 3.63) is 59.1 Å². The summed E-state index contributed by atoms with van der Waals surface area (Å²) in [5.74, 6) is -7.17. The molecule has 1 aliphatic carbocycles. The highest BCUT2D eigenvalue weighted by Crippen LogP contribution is 2.54. The number of hydrogen-bond donors (Lipinski definition) is 5. The Kier molecular flexibility index (Phi) is 8.75. The average molecular weight is 691 g/mol. The number of carboxylic acid groups (broad SMARTS) is 3. The minimum Gasteiger partial charge on any atom is -0.481 e. The first-order chi connectivity index (χ1) is 22.0. The monoisotopic (exact) mass is 690 g/mol. The van der Waals surface area contributed by atoms with E-state index < -0.39 is 91.2 Å². The van der Waals surface area contributed by atoms with Crippen molar-refractivity contribution in [3.63, 3.8) is 0 Å². The van der Waals surface area contributed by atoms with Crippen molar-refractivity contribution in [3.8, 4) is 0 Å². The third kappa shape index (κ3) is 5.46. The maximum atomic E-state index is 12.7. The number of carbonyl (C=O) groups is 6. The number of fused-ring (bicyclic) bond motifs is 2. The van der Waals surface area contributed by atoms with Crippen LogP contribution in [-0.4, -0.2) is 106 Å². The van der Waals surface area contributed by atoms with Gasteiger partial charge in [0.25, 0.3) is 5.91 Å². The number of carboxylic acids is 3. The molecule has 2 aromatic rings. The van der Waals surface area contributed by atoms with Gasteiger partial charge in [0.05, 0.1) is 23.9 Å². The Morgan fingerprint density at radius 2 is 1.79 bits per heavy atom. The first-order valence-corrected chi connectivity index (χ1v) is 16.7. The van der Waals surface area contributed by atoms with E-state index in [2.05, 4.69) is 15.6 Å². The molecule has 0 spiro atoms. The number of β-lactam (4-membered cyclic amide) rings is 1. The van der Waals surface area contributed by atoms with Crippen LogP contribution < -0.4 is 11.1 Å². The van der Waals surface area contributed by atoms with Crippen molar-refractivity contribution in [2.45, 2.75) is 54.3 Å². The number of aromatic nitrogens is 3. The normalized spacial score (nSPS) is 29.3. The van der Waals surface area contributed by atoms with Gasteiger partial charge in [0, 0.05) is 18.1 Å². The maximum Gasteiger partial charge on any atom is 0.355 e. The molecule has 1 saturated carbocycles. The number of aromatic carboxylic acids is 1. The number of nitrogens with one attached hydrogen (secondary N) is 1. The standard InChI is InChI=1S/C16H17N3O4S.C12H13N3O7S/c1-8-7-24-15-11(14(21)19(15)12(8)16(22)23)18-13(20)10(17)9-5-3-2-4-6-9;1-12(4-15-5(10(17)18)3-13-14-15)9(11(19)20)8-6(16)2-7(8)23(12,21)22/h2-6,10-11,15H,7,17H2,1H3,(H,18,20)(H,22,23);3,7-9H,2,4H2,1H3,(H,17,18)(H,19,20)/t10?,11-,15-;7?,8?,9-,12-/m10/s1. The van der Waals surface area contributed by atoms with Crippen LogP contribution in [0.2, 0.25) is 0 Å². The predicted molar refractivity (Wildman–Crippen MR) is 161 cm³/mol. The van der Waals surface area contributed by atoms with Crippen LogP contribution >= 0.6 is 11.8 Å². The third-order valence-electron chi connectivity index (χ3n) is 8.91. The highest BCUT2D eigenvalue weighted by molar-refractivity contribution is 8.00. The molecule has 6 rings (SSSR count). The van der Waals surface area contributed by atoms with Gasteiger partial charge in [-0.25, -0.2) is 22.7 Å². The van der Waals surface area contributed by atoms with E-state index in [-0.39, 0.29) is 17.8 Å². The average Bonchev–Trinajstić information content (AvgIpc) is 3.53. The van der Waals surface area contributed by atoms with Gasteiger partial charge >= 0.3 is 17.9 Å². The Morgan fingerprint density at radius 3 is 2.36 bits per heavy atom. The van der Waals surface area contributed by atoms with Crippen LogP contribution in [0.3, 0.4) is 0 Å². The van der Waals surface area contributed by atoms with Gasteiger partial charge in [-0.15, -0.1) is 16.9 Å². The first kappa shape index (κ1) is 33.7. The molecular weight excluding hydrogens is 660 g/mol. The summed E-state index contributed by atoms with van der Waals surface area (Å²) in [6.45, 7) is 2.42. The first-order valence-electron chi connectivity index (χ1n) is 14.1. The molecule has 19 heteroatoms. The van der Waals surface area contributed by atoms with Gasteiger partial charge in [-0.05, 0) is 25.0 Å². The molecule has 6 N–H and O–H groups in total. The second-order valence-corrected chi connectivity index (χ2v) is 15.4. The largest absolute Gasteiger partial charge is 0.481 e. The molecule has 0 bridgehead atoms. The molecule has 250 valence electrons. The lowest BCUT2D eigenvalue weighted by molar-refractivity contribution is -0.150. The Labute approximate surface area is 271 Å². The number of sulfone groups is 1. The minimum atomic E-state index is -3.96. The Hall–Kier alpha value is -4.62. The molecule has 0 radical (unpaired) electrons. The predicted octanol–water partition coefficient (Wildman–Crippen LogP) is -0.733. The summed E-state index contributed by atoms with van der Waals surface area (Å²) in [7, 11) is -3.96. The van der Waals surface area contributed by atoms with Gasteiger partial charge in [-0.3, -0.25) is 24.1 Å². The number of nitrogens with zero attached hydrogens (tertiary/aromatic N) is 4. The van der Waals surface area contributed by atoms with Crippen molar-refractivity contribution in [2.75, 3.05) is 5.75 Å². The highest BCUT2D eigenvalue weighted by Gasteiger charge is 2.71. The molecule has 4 heterocycles. The molecule has 17 nitrogen and oxygen atoms in total. The molecule has 3 unspecified atom stereocenters. The minimum absolute atomic E-state index is 0.0154. The van der Waals surface area contributed by atoms with Crippen LogP contribution in [0.15, 0.2) is 47.8 Å². The summed E-state index contributed by atoms with van der Waals surface area (Å²) < 4.78 is 24.5. The third-order valence-corrected chi connectivity index (χ3v) is 13.3. The lowest BCUT2D eigenvalue weighted by Crippen LogP contribution is -2.71. The summed E-state index contributed by atoms with van der Waals surface area (Å²) in [5.41, 5.74) is 6.89. The zero-order valence-corrected chi connectivity index (χ0v) is 26.5. The second-order valence-electron chi connectivity index (χ2n) is 11.7. The summed E-state index contributed by atoms with van der Waals surface area (Å²) in [4.78, 5) is 71.7. The number of nitrogens with two attached hydrogens (primary N) is 1. The number of rotatable bonds is 8. The lowest BCUT2D eigenvalue weighted by atomic mass is 9.70. The molecular formula is C28H30N6O11S2. The van der Waals surface area contributed by atoms with Crippen molar-refractivity contribution < 1.29 is 52.5 Å². The molecule has 47 heavy (non-hydrogen) atoms. The van der Waals surface area contributed by atoms with E-state index >= 15 is 0 Å². The molecule has 1 aromatic heterocycles. The number of thioether (sulfide) groups is 1. The molecule has 7 atom stereocenters. The molecule has 2 saturated heterocycles. The fourth-order valence-electron chi connectivity index (χ4n) is 6.38. The van der Waals surface area contributed by atoms with Crippen LogP contribution in [0.4, 0.5) is 0 Å². The Morgan fingerprint density at radius 1 is 1.13 bits per heavy atom. The highest BCUT2D eigenvalue weighted by atomic mass is 32.2. The van der Waals surface area contributed by atoms with Crippen LogP contribution in [0, 0.1) is 11.8 Å². The van der Waals surface area contributed by atoms with Crippen LogP contribution in [0.1, 0.15) is 42.4 Å². The van der Waals surface area contributed by atoms with E-state index in [1.807, 2.05) is 6.07 Å². The number of benzene rings is 1. The number of ketones is 1. The maximum absolute atomic E-state index is 12.7. The fourth-order valence-corrected chi connectivity index (χ4v) is 10.4. The van der Waals surface area contributed by atoms with E-state index in [0.717, 1.165) is 10.9 Å². The van der Waals surface area contributed by atoms with Crippen LogP contribution in [0.5, 0.6) is 0 Å². The molecule has 2 amide bonds. The zero-order chi connectivity index (χ0) is 34.6. The van der Waals surface area contributed by atoms with Crippen LogP contribution in [-0.2, 0) is 40.4 Å². The Bertz CT molecular complexity index is 1830. The van der Waals surface area contributed by atoms with E-state index in [0.29, 0.717) is 16.9 Å². The number of hydrogen-bond acceptors (Lipinski definition) is 12. The summed E-state index contributed by atoms with van der Waals surface area (Å²) >= 11 is 1.43. The molecule has 3 aliphatic heterocycles. The SMILES string of the molecule is CC1=C(C(=O)O)N2C(=O)[C@@H](NC(=O)C(N)c3ccccc3)[C@H]2SC1.C[C@]1(Cn2nncc2C(=O)O)[C@H](C(=O)O)C2C(=O)CC2S1(=O)=O. The lowest BCUT2D eigenvalue weighted by Gasteiger charge is -2.49. The van der Waals surface area contributed by atoms with Gasteiger partial charge < -0.3 is 26.4 Å². The molecule has 4 aliphatic rings. The van der Waals surface area contributed by atoms with Gasteiger partial charge in [0.15, 0.2) is 15.5 Å². The number of aliphatic carboxylic acids is 2. The summed E-state index contributed by atoms with van der Waals surface area (Å²) in [5, 5.41) is 36.0. The second kappa shape index (κ2) is 12.2. The van der Waals surface area contributed by atoms with Gasteiger partial charge in [-0.1, -0.05) is 35.5 Å².